The van der Waals surface area contributed by atoms with Crippen molar-refractivity contribution in [2.24, 2.45) is 0 Å². The molecule has 1 amide bonds. The molecule has 0 saturated heterocycles. The zero-order valence-corrected chi connectivity index (χ0v) is 14.8. The van der Waals surface area contributed by atoms with Gasteiger partial charge in [-0.25, -0.2) is 9.37 Å². The van der Waals surface area contributed by atoms with Gasteiger partial charge in [0, 0.05) is 11.8 Å². The molecule has 2 aromatic carbocycles. The van der Waals surface area contributed by atoms with Crippen molar-refractivity contribution in [3.8, 4) is 5.75 Å². The number of aromatic nitrogens is 2. The number of nitrogens with zero attached hydrogens (tertiary/aromatic N) is 2. The highest BCUT2D eigenvalue weighted by atomic mass is 32.2. The molecular weight excluding hydrogens is 341 g/mol. The number of thioether (sulfide) groups is 1. The molecule has 1 aromatic heterocycles. The predicted molar refractivity (Wildman–Crippen MR) is 98.5 cm³/mol. The maximum atomic E-state index is 13.8. The van der Waals surface area contributed by atoms with E-state index in [1.165, 1.54) is 19.2 Å². The normalized spacial score (nSPS) is 10.8. The van der Waals surface area contributed by atoms with Crippen LogP contribution in [0.1, 0.15) is 5.82 Å². The van der Waals surface area contributed by atoms with Gasteiger partial charge in [-0.1, -0.05) is 12.1 Å². The Morgan fingerprint density at radius 1 is 1.32 bits per heavy atom. The number of anilines is 1. The van der Waals surface area contributed by atoms with Gasteiger partial charge in [-0.05, 0) is 30.5 Å². The maximum absolute atomic E-state index is 13.8. The van der Waals surface area contributed by atoms with Gasteiger partial charge in [-0.15, -0.1) is 0 Å². The molecule has 0 spiro atoms. The van der Waals surface area contributed by atoms with Gasteiger partial charge >= 0.3 is 0 Å². The molecule has 7 heteroatoms. The fourth-order valence-corrected chi connectivity index (χ4v) is 3.11. The van der Waals surface area contributed by atoms with Crippen molar-refractivity contribution in [2.45, 2.75) is 12.3 Å². The number of carbonyl (C=O) groups excluding carboxylic acids is 1. The molecule has 0 atom stereocenters. The summed E-state index contributed by atoms with van der Waals surface area (Å²) in [6.07, 6.45) is 1.99. The fraction of sp³-hybridized carbons (Fsp3) is 0.222. The number of carbonyl (C=O) groups is 1. The largest absolute Gasteiger partial charge is 0.494 e. The molecule has 130 valence electrons. The first-order chi connectivity index (χ1) is 12.1. The van der Waals surface area contributed by atoms with Crippen LogP contribution in [0.3, 0.4) is 0 Å². The summed E-state index contributed by atoms with van der Waals surface area (Å²) in [5.41, 5.74) is 2.15. The van der Waals surface area contributed by atoms with Crippen LogP contribution in [0.4, 0.5) is 10.1 Å². The van der Waals surface area contributed by atoms with Crippen LogP contribution in [0.25, 0.3) is 11.0 Å². The van der Waals surface area contributed by atoms with Crippen LogP contribution in [0.5, 0.6) is 5.75 Å². The summed E-state index contributed by atoms with van der Waals surface area (Å²) in [5, 5.41) is 2.72. The molecule has 0 radical (unpaired) electrons. The Morgan fingerprint density at radius 2 is 2.12 bits per heavy atom. The van der Waals surface area contributed by atoms with E-state index in [-0.39, 0.29) is 18.2 Å². The second-order valence-corrected chi connectivity index (χ2v) is 6.30. The van der Waals surface area contributed by atoms with Crippen LogP contribution >= 0.6 is 11.8 Å². The molecule has 0 unspecified atom stereocenters. The number of nitrogens with one attached hydrogen (secondary N) is 1. The smallest absolute Gasteiger partial charge is 0.244 e. The lowest BCUT2D eigenvalue weighted by molar-refractivity contribution is -0.116. The highest BCUT2D eigenvalue weighted by Crippen LogP contribution is 2.22. The third-order valence-corrected chi connectivity index (χ3v) is 4.29. The Kier molecular flexibility index (Phi) is 5.23. The third kappa shape index (κ3) is 3.76. The molecule has 3 rings (SSSR count). The maximum Gasteiger partial charge on any atom is 0.244 e. The lowest BCUT2D eigenvalue weighted by Gasteiger charge is -2.10. The summed E-state index contributed by atoms with van der Waals surface area (Å²) < 4.78 is 20.5. The van der Waals surface area contributed by atoms with Crippen molar-refractivity contribution in [3.63, 3.8) is 0 Å². The van der Waals surface area contributed by atoms with E-state index in [1.807, 2.05) is 35.1 Å². The summed E-state index contributed by atoms with van der Waals surface area (Å²) >= 11 is 1.64. The van der Waals surface area contributed by atoms with Gasteiger partial charge in [0.2, 0.25) is 5.91 Å². The number of fused-ring (bicyclic) bond motifs is 1. The van der Waals surface area contributed by atoms with E-state index in [9.17, 15) is 9.18 Å². The van der Waals surface area contributed by atoms with E-state index >= 15 is 0 Å². The zero-order valence-electron chi connectivity index (χ0n) is 14.0. The molecule has 0 aliphatic rings. The lowest BCUT2D eigenvalue weighted by atomic mass is 10.3. The van der Waals surface area contributed by atoms with Gasteiger partial charge in [0.25, 0.3) is 0 Å². The van der Waals surface area contributed by atoms with Crippen LogP contribution in [-0.4, -0.2) is 28.8 Å². The van der Waals surface area contributed by atoms with E-state index in [2.05, 4.69) is 10.3 Å². The number of amides is 1. The van der Waals surface area contributed by atoms with E-state index in [0.29, 0.717) is 11.4 Å². The minimum Gasteiger partial charge on any atom is -0.494 e. The van der Waals surface area contributed by atoms with Gasteiger partial charge in [-0.2, -0.15) is 11.8 Å². The molecule has 25 heavy (non-hydrogen) atoms. The first-order valence-electron chi connectivity index (χ1n) is 7.69. The van der Waals surface area contributed by atoms with Crippen LogP contribution in [-0.2, 0) is 17.1 Å². The van der Waals surface area contributed by atoms with Crippen molar-refractivity contribution in [1.29, 1.82) is 0 Å². The first kappa shape index (κ1) is 17.3. The number of para-hydroxylation sites is 2. The minimum atomic E-state index is -0.517. The molecule has 3 aromatic rings. The quantitative estimate of drug-likeness (QED) is 0.729. The third-order valence-electron chi connectivity index (χ3n) is 3.74. The van der Waals surface area contributed by atoms with Crippen molar-refractivity contribution >= 4 is 34.4 Å². The number of halogens is 1. The number of methoxy groups -OCH3 is 1. The second kappa shape index (κ2) is 7.57. The Bertz CT molecular complexity index is 910. The Hall–Kier alpha value is -2.54. The topological polar surface area (TPSA) is 56.1 Å². The number of benzene rings is 2. The fourth-order valence-electron chi connectivity index (χ4n) is 2.63. The average molecular weight is 359 g/mol. The van der Waals surface area contributed by atoms with Crippen LogP contribution < -0.4 is 10.1 Å². The Balaban J connectivity index is 1.82. The molecule has 1 heterocycles. The molecular formula is C18H18FN3O2S. The van der Waals surface area contributed by atoms with E-state index in [0.717, 1.165) is 16.9 Å². The first-order valence-corrected chi connectivity index (χ1v) is 9.08. The summed E-state index contributed by atoms with van der Waals surface area (Å²) in [6.45, 7) is 0.115. The van der Waals surface area contributed by atoms with Gasteiger partial charge < -0.3 is 14.6 Å². The number of hydrogen-bond acceptors (Lipinski definition) is 4. The number of hydrogen-bond donors (Lipinski definition) is 1. The number of ether oxygens (including phenoxy) is 1. The van der Waals surface area contributed by atoms with E-state index in [1.54, 1.807) is 17.8 Å². The van der Waals surface area contributed by atoms with Gasteiger partial charge in [0.15, 0.2) is 11.6 Å². The van der Waals surface area contributed by atoms with Gasteiger partial charge in [0.1, 0.15) is 12.4 Å². The molecule has 1 N–H and O–H groups in total. The van der Waals surface area contributed by atoms with Crippen LogP contribution in [0.2, 0.25) is 0 Å². The highest BCUT2D eigenvalue weighted by molar-refractivity contribution is 7.97. The summed E-state index contributed by atoms with van der Waals surface area (Å²) in [4.78, 5) is 17.0. The molecule has 0 aliphatic carbocycles. The van der Waals surface area contributed by atoms with Crippen molar-refractivity contribution < 1.29 is 13.9 Å². The molecule has 0 fully saturated rings. The lowest BCUT2D eigenvalue weighted by Crippen LogP contribution is -2.20. The van der Waals surface area contributed by atoms with Crippen molar-refractivity contribution in [2.75, 3.05) is 18.7 Å². The average Bonchev–Trinajstić information content (AvgIpc) is 2.93. The van der Waals surface area contributed by atoms with Crippen LogP contribution in [0, 0.1) is 5.82 Å². The highest BCUT2D eigenvalue weighted by Gasteiger charge is 2.14. The summed E-state index contributed by atoms with van der Waals surface area (Å²) in [6, 6.07) is 12.0. The molecule has 0 bridgehead atoms. The summed E-state index contributed by atoms with van der Waals surface area (Å²) in [5.74, 6) is 0.927. The van der Waals surface area contributed by atoms with Crippen LogP contribution in [0.15, 0.2) is 42.5 Å². The monoisotopic (exact) mass is 359 g/mol. The Morgan fingerprint density at radius 3 is 2.84 bits per heavy atom. The second-order valence-electron chi connectivity index (χ2n) is 5.43. The zero-order chi connectivity index (χ0) is 17.8. The van der Waals surface area contributed by atoms with E-state index < -0.39 is 5.82 Å². The van der Waals surface area contributed by atoms with E-state index in [4.69, 9.17) is 4.74 Å². The Labute approximate surface area is 149 Å². The number of rotatable bonds is 6. The molecule has 0 aliphatic heterocycles. The van der Waals surface area contributed by atoms with Crippen molar-refractivity contribution in [1.82, 2.24) is 9.55 Å². The number of imidazole rings is 1. The van der Waals surface area contributed by atoms with Gasteiger partial charge in [0.05, 0.1) is 23.9 Å². The minimum absolute atomic E-state index is 0.115. The molecule has 5 nitrogen and oxygen atoms in total. The molecule has 0 saturated carbocycles. The standard InChI is InChI=1S/C18H18FN3O2S/c1-24-16-8-7-12(9-13(16)19)20-18(23)10-22-15-6-4-3-5-14(15)21-17(22)11-25-2/h3-9H,10-11H2,1-2H3,(H,20,23). The SMILES string of the molecule is COc1ccc(NC(=O)Cn2c(CSC)nc3ccccc32)cc1F. The van der Waals surface area contributed by atoms with Gasteiger partial charge in [-0.3, -0.25) is 4.79 Å². The summed E-state index contributed by atoms with van der Waals surface area (Å²) in [7, 11) is 1.40. The van der Waals surface area contributed by atoms with Crippen molar-refractivity contribution in [3.05, 3.63) is 54.1 Å². The predicted octanol–water partition coefficient (Wildman–Crippen LogP) is 3.69.